The fraction of sp³-hybridized carbons (Fsp3) is 0.565. The highest BCUT2D eigenvalue weighted by molar-refractivity contribution is 7.91. The number of hydrogen-bond donors (Lipinski definition) is 1. The molecule has 8 nitrogen and oxygen atoms in total. The molecule has 1 aromatic heterocycles. The number of fused-ring (bicyclic) bond motifs is 2. The van der Waals surface area contributed by atoms with Crippen LogP contribution in [-0.2, 0) is 19.5 Å². The molecule has 3 aliphatic heterocycles. The van der Waals surface area contributed by atoms with Gasteiger partial charge in [0.1, 0.15) is 9.96 Å². The Labute approximate surface area is 199 Å². The van der Waals surface area contributed by atoms with Gasteiger partial charge in [0.25, 0.3) is 10.0 Å². The summed E-state index contributed by atoms with van der Waals surface area (Å²) in [5, 5.41) is 11.6. The summed E-state index contributed by atoms with van der Waals surface area (Å²) < 4.78 is 40.1. The highest BCUT2D eigenvalue weighted by atomic mass is 32.2. The summed E-state index contributed by atoms with van der Waals surface area (Å²) in [5.74, 6) is 0.225. The number of ether oxygens (including phenoxy) is 2. The number of rotatable bonds is 6. The van der Waals surface area contributed by atoms with Crippen molar-refractivity contribution in [1.82, 2.24) is 9.21 Å². The Balaban J connectivity index is 1.41. The summed E-state index contributed by atoms with van der Waals surface area (Å²) in [5.41, 5.74) is 0.999. The Bertz CT molecular complexity index is 1020. The lowest BCUT2D eigenvalue weighted by atomic mass is 9.91. The number of benzene rings is 1. The van der Waals surface area contributed by atoms with Crippen LogP contribution in [0.1, 0.15) is 12.8 Å². The number of hydrogen-bond acceptors (Lipinski definition) is 8. The third-order valence-electron chi connectivity index (χ3n) is 7.10. The summed E-state index contributed by atoms with van der Waals surface area (Å²) >= 11 is 1.26. The van der Waals surface area contributed by atoms with Crippen LogP contribution in [-0.4, -0.2) is 93.5 Å². The van der Waals surface area contributed by atoms with E-state index in [1.54, 1.807) is 41.1 Å². The normalized spacial score (nSPS) is 29.3. The van der Waals surface area contributed by atoms with Crippen LogP contribution in [0.2, 0.25) is 0 Å². The molecule has 2 bridgehead atoms. The Morgan fingerprint density at radius 2 is 1.85 bits per heavy atom. The number of thiophene rings is 1. The Kier molecular flexibility index (Phi) is 6.65. The van der Waals surface area contributed by atoms with E-state index in [1.165, 1.54) is 11.3 Å². The second-order valence-corrected chi connectivity index (χ2v) is 12.1. The molecule has 1 aromatic carbocycles. The van der Waals surface area contributed by atoms with E-state index in [1.807, 2.05) is 12.1 Å². The predicted molar refractivity (Wildman–Crippen MR) is 127 cm³/mol. The second-order valence-electron chi connectivity index (χ2n) is 9.03. The van der Waals surface area contributed by atoms with E-state index in [-0.39, 0.29) is 30.0 Å². The molecule has 0 amide bonds. The Morgan fingerprint density at radius 1 is 1.12 bits per heavy atom. The molecule has 2 unspecified atom stereocenters. The third kappa shape index (κ3) is 4.65. The van der Waals surface area contributed by atoms with Gasteiger partial charge in [0.15, 0.2) is 0 Å². The summed E-state index contributed by atoms with van der Waals surface area (Å²) in [6, 6.07) is 11.2. The van der Waals surface area contributed by atoms with Crippen molar-refractivity contribution in [3.8, 4) is 5.75 Å². The van der Waals surface area contributed by atoms with Crippen molar-refractivity contribution in [2.45, 2.75) is 41.3 Å². The summed E-state index contributed by atoms with van der Waals surface area (Å²) in [6.07, 6.45) is 2.10. The van der Waals surface area contributed by atoms with Gasteiger partial charge in [0.2, 0.25) is 0 Å². The first-order valence-corrected chi connectivity index (χ1v) is 13.7. The number of piperazine rings is 1. The lowest BCUT2D eigenvalue weighted by molar-refractivity contribution is -0.114. The Morgan fingerprint density at radius 3 is 2.48 bits per heavy atom. The summed E-state index contributed by atoms with van der Waals surface area (Å²) in [6.45, 7) is 3.57. The SMILES string of the molecule is COC1CC2COC[C@H](C1)N2C[C@H]1CN(S(=O)(=O)c2cccs2)CCN1c1ccc(O)cc1. The number of phenols is 1. The number of morpholine rings is 1. The van der Waals surface area contributed by atoms with Crippen LogP contribution < -0.4 is 4.90 Å². The lowest BCUT2D eigenvalue weighted by Gasteiger charge is -2.51. The maximum atomic E-state index is 13.3. The highest BCUT2D eigenvalue weighted by Crippen LogP contribution is 2.32. The zero-order chi connectivity index (χ0) is 23.0. The van der Waals surface area contributed by atoms with Gasteiger partial charge >= 0.3 is 0 Å². The second kappa shape index (κ2) is 9.52. The van der Waals surface area contributed by atoms with Crippen molar-refractivity contribution in [3.63, 3.8) is 0 Å². The molecule has 4 atom stereocenters. The number of aromatic hydroxyl groups is 1. The van der Waals surface area contributed by atoms with E-state index in [4.69, 9.17) is 9.47 Å². The van der Waals surface area contributed by atoms with Gasteiger partial charge < -0.3 is 19.5 Å². The molecule has 3 fully saturated rings. The fourth-order valence-electron chi connectivity index (χ4n) is 5.40. The van der Waals surface area contributed by atoms with Crippen LogP contribution in [0.3, 0.4) is 0 Å². The van der Waals surface area contributed by atoms with Crippen LogP contribution in [0.4, 0.5) is 5.69 Å². The molecular formula is C23H31N3O5S2. The first-order chi connectivity index (χ1) is 16.0. The van der Waals surface area contributed by atoms with E-state index in [9.17, 15) is 13.5 Å². The number of sulfonamides is 1. The predicted octanol–water partition coefficient (Wildman–Crippen LogP) is 2.21. The third-order valence-corrected chi connectivity index (χ3v) is 10.3. The molecular weight excluding hydrogens is 462 g/mol. The van der Waals surface area contributed by atoms with E-state index >= 15 is 0 Å². The molecule has 4 heterocycles. The van der Waals surface area contributed by atoms with E-state index in [2.05, 4.69) is 9.80 Å². The van der Waals surface area contributed by atoms with Gasteiger partial charge in [-0.2, -0.15) is 4.31 Å². The minimum absolute atomic E-state index is 0.0137. The van der Waals surface area contributed by atoms with Crippen molar-refractivity contribution in [2.24, 2.45) is 0 Å². The average molecular weight is 494 g/mol. The van der Waals surface area contributed by atoms with Gasteiger partial charge in [-0.1, -0.05) is 6.07 Å². The Hall–Kier alpha value is -1.69. The number of methoxy groups -OCH3 is 1. The van der Waals surface area contributed by atoms with E-state index in [0.717, 1.165) is 25.1 Å². The number of nitrogens with zero attached hydrogens (tertiary/aromatic N) is 3. The van der Waals surface area contributed by atoms with Crippen molar-refractivity contribution in [2.75, 3.05) is 51.4 Å². The fourth-order valence-corrected chi connectivity index (χ4v) is 8.01. The minimum atomic E-state index is -3.51. The molecule has 33 heavy (non-hydrogen) atoms. The first kappa shape index (κ1) is 23.1. The molecule has 5 rings (SSSR count). The number of piperidine rings is 1. The van der Waals surface area contributed by atoms with E-state index in [0.29, 0.717) is 37.1 Å². The topological polar surface area (TPSA) is 82.6 Å². The smallest absolute Gasteiger partial charge is 0.252 e. The number of phenolic OH excluding ortho intramolecular Hbond substituents is 1. The van der Waals surface area contributed by atoms with Crippen LogP contribution >= 0.6 is 11.3 Å². The van der Waals surface area contributed by atoms with Gasteiger partial charge in [0, 0.05) is 51.1 Å². The van der Waals surface area contributed by atoms with Crippen molar-refractivity contribution < 1.29 is 23.0 Å². The maximum Gasteiger partial charge on any atom is 0.252 e. The van der Waals surface area contributed by atoms with Gasteiger partial charge in [-0.05, 0) is 48.6 Å². The van der Waals surface area contributed by atoms with Crippen LogP contribution in [0.25, 0.3) is 0 Å². The van der Waals surface area contributed by atoms with Gasteiger partial charge in [-0.15, -0.1) is 11.3 Å². The standard InChI is InChI=1S/C23H31N3O5S2/c1-30-22-11-18-15-31-16-19(12-22)26(18)14-20-13-24(33(28,29)23-3-2-10-32-23)8-9-25(20)17-4-6-21(27)7-5-17/h2-7,10,18-20,22,27H,8-9,11-16H2,1H3/t18-,19?,20+,22?/m0/s1. The molecule has 0 radical (unpaired) electrons. The first-order valence-electron chi connectivity index (χ1n) is 11.4. The molecule has 10 heteroatoms. The van der Waals surface area contributed by atoms with Crippen LogP contribution in [0, 0.1) is 0 Å². The van der Waals surface area contributed by atoms with Crippen LogP contribution in [0.5, 0.6) is 5.75 Å². The van der Waals surface area contributed by atoms with Crippen molar-refractivity contribution >= 4 is 27.0 Å². The molecule has 0 spiro atoms. The molecule has 2 aromatic rings. The maximum absolute atomic E-state index is 13.3. The molecule has 180 valence electrons. The lowest BCUT2D eigenvalue weighted by Crippen LogP contribution is -2.64. The molecule has 1 N–H and O–H groups in total. The monoisotopic (exact) mass is 493 g/mol. The van der Waals surface area contributed by atoms with Crippen molar-refractivity contribution in [1.29, 1.82) is 0 Å². The zero-order valence-corrected chi connectivity index (χ0v) is 20.4. The average Bonchev–Trinajstić information content (AvgIpc) is 3.35. The van der Waals surface area contributed by atoms with Gasteiger partial charge in [0.05, 0.1) is 25.4 Å². The van der Waals surface area contributed by atoms with Crippen molar-refractivity contribution in [3.05, 3.63) is 41.8 Å². The summed E-state index contributed by atoms with van der Waals surface area (Å²) in [4.78, 5) is 4.80. The van der Waals surface area contributed by atoms with Crippen LogP contribution in [0.15, 0.2) is 46.0 Å². The minimum Gasteiger partial charge on any atom is -0.508 e. The van der Waals surface area contributed by atoms with Gasteiger partial charge in [-0.25, -0.2) is 8.42 Å². The highest BCUT2D eigenvalue weighted by Gasteiger charge is 2.42. The molecule has 0 saturated carbocycles. The molecule has 0 aliphatic carbocycles. The molecule has 3 aliphatic rings. The zero-order valence-electron chi connectivity index (χ0n) is 18.7. The van der Waals surface area contributed by atoms with Gasteiger partial charge in [-0.3, -0.25) is 4.90 Å². The molecule has 3 saturated heterocycles. The van der Waals surface area contributed by atoms with E-state index < -0.39 is 10.0 Å². The quantitative estimate of drug-likeness (QED) is 0.661. The number of anilines is 1. The largest absolute Gasteiger partial charge is 0.508 e. The summed E-state index contributed by atoms with van der Waals surface area (Å²) in [7, 11) is -1.74.